The van der Waals surface area contributed by atoms with Crippen LogP contribution in [0.4, 0.5) is 0 Å². The second kappa shape index (κ2) is 5.77. The third-order valence-electron chi connectivity index (χ3n) is 2.35. The van der Waals surface area contributed by atoms with Crippen LogP contribution in [-0.2, 0) is 10.0 Å². The lowest BCUT2D eigenvalue weighted by atomic mass is 9.88. The molecule has 1 rings (SSSR count). The Labute approximate surface area is 109 Å². The van der Waals surface area contributed by atoms with Crippen molar-refractivity contribution < 1.29 is 8.42 Å². The molecule has 18 heavy (non-hydrogen) atoms. The van der Waals surface area contributed by atoms with Crippen LogP contribution < -0.4 is 10.5 Å². The lowest BCUT2D eigenvalue weighted by Crippen LogP contribution is -2.39. The van der Waals surface area contributed by atoms with Crippen molar-refractivity contribution in [1.82, 2.24) is 9.71 Å². The molecule has 0 aliphatic heterocycles. The van der Waals surface area contributed by atoms with Crippen molar-refractivity contribution in [3.05, 3.63) is 24.5 Å². The zero-order valence-electron chi connectivity index (χ0n) is 11.1. The molecule has 102 valence electrons. The molecule has 0 spiro atoms. The summed E-state index contributed by atoms with van der Waals surface area (Å²) in [5.41, 5.74) is 5.99. The first-order valence-corrected chi connectivity index (χ1v) is 7.34. The number of nitrogens with zero attached hydrogens (tertiary/aromatic N) is 1. The topological polar surface area (TPSA) is 85.1 Å². The quantitative estimate of drug-likeness (QED) is 0.840. The minimum atomic E-state index is -3.50. The molecular formula is C12H21N3O2S. The fraction of sp³-hybridized carbons (Fsp3) is 0.583. The molecule has 3 N–H and O–H groups in total. The van der Waals surface area contributed by atoms with Crippen LogP contribution in [0.5, 0.6) is 0 Å². The van der Waals surface area contributed by atoms with E-state index in [2.05, 4.69) is 30.5 Å². The van der Waals surface area contributed by atoms with Crippen LogP contribution in [0, 0.1) is 5.41 Å². The van der Waals surface area contributed by atoms with Gasteiger partial charge >= 0.3 is 0 Å². The number of hydrogen-bond acceptors (Lipinski definition) is 4. The van der Waals surface area contributed by atoms with Gasteiger partial charge in [-0.15, -0.1) is 0 Å². The number of aromatic nitrogens is 1. The Morgan fingerprint density at radius 3 is 2.61 bits per heavy atom. The van der Waals surface area contributed by atoms with Crippen LogP contribution in [0.3, 0.4) is 0 Å². The van der Waals surface area contributed by atoms with Crippen molar-refractivity contribution in [2.75, 3.05) is 6.54 Å². The molecule has 5 nitrogen and oxygen atoms in total. The largest absolute Gasteiger partial charge is 0.326 e. The lowest BCUT2D eigenvalue weighted by molar-refractivity contribution is 0.338. The van der Waals surface area contributed by atoms with Crippen molar-refractivity contribution in [3.8, 4) is 0 Å². The summed E-state index contributed by atoms with van der Waals surface area (Å²) in [6.45, 7) is 6.45. The number of hydrogen-bond donors (Lipinski definition) is 2. The molecule has 0 aromatic carbocycles. The Hall–Kier alpha value is -0.980. The summed E-state index contributed by atoms with van der Waals surface area (Å²) in [6.07, 6.45) is 3.60. The van der Waals surface area contributed by atoms with Crippen molar-refractivity contribution in [2.45, 2.75) is 38.1 Å². The van der Waals surface area contributed by atoms with Gasteiger partial charge < -0.3 is 5.73 Å². The number of pyridine rings is 1. The van der Waals surface area contributed by atoms with E-state index in [4.69, 9.17) is 5.73 Å². The normalized spacial score (nSPS) is 14.4. The predicted molar refractivity (Wildman–Crippen MR) is 71.5 cm³/mol. The monoisotopic (exact) mass is 271 g/mol. The van der Waals surface area contributed by atoms with Gasteiger partial charge in [0, 0.05) is 25.0 Å². The summed E-state index contributed by atoms with van der Waals surface area (Å²) in [5.74, 6) is 0. The van der Waals surface area contributed by atoms with Crippen molar-refractivity contribution >= 4 is 10.0 Å². The fourth-order valence-electron chi connectivity index (χ4n) is 1.66. The number of sulfonamides is 1. The highest BCUT2D eigenvalue weighted by molar-refractivity contribution is 7.89. The fourth-order valence-corrected chi connectivity index (χ4v) is 2.72. The van der Waals surface area contributed by atoms with Crippen LogP contribution in [0.2, 0.25) is 0 Å². The highest BCUT2D eigenvalue weighted by atomic mass is 32.2. The predicted octanol–water partition coefficient (Wildman–Crippen LogP) is 1.12. The zero-order chi connectivity index (χ0) is 13.8. The Morgan fingerprint density at radius 2 is 2.11 bits per heavy atom. The van der Waals surface area contributed by atoms with Crippen molar-refractivity contribution in [3.63, 3.8) is 0 Å². The molecule has 0 aliphatic carbocycles. The number of nitrogens with two attached hydrogens (primary N) is 1. The second-order valence-corrected chi connectivity index (χ2v) is 7.33. The van der Waals surface area contributed by atoms with Crippen LogP contribution in [-0.4, -0.2) is 26.0 Å². The van der Waals surface area contributed by atoms with E-state index in [1.165, 1.54) is 18.5 Å². The first kappa shape index (κ1) is 15.1. The van der Waals surface area contributed by atoms with Gasteiger partial charge in [0.05, 0.1) is 0 Å². The molecule has 0 saturated heterocycles. The first-order chi connectivity index (χ1) is 8.21. The van der Waals surface area contributed by atoms with Gasteiger partial charge in [-0.2, -0.15) is 0 Å². The maximum atomic E-state index is 11.9. The Morgan fingerprint density at radius 1 is 1.44 bits per heavy atom. The van der Waals surface area contributed by atoms with E-state index in [-0.39, 0.29) is 22.9 Å². The van der Waals surface area contributed by atoms with E-state index in [0.29, 0.717) is 0 Å². The minimum Gasteiger partial charge on any atom is -0.326 e. The maximum absolute atomic E-state index is 11.9. The molecule has 1 aromatic rings. The van der Waals surface area contributed by atoms with Gasteiger partial charge in [0.25, 0.3) is 0 Å². The minimum absolute atomic E-state index is 0.0825. The summed E-state index contributed by atoms with van der Waals surface area (Å²) in [6, 6.07) is 2.89. The lowest BCUT2D eigenvalue weighted by Gasteiger charge is -2.23. The van der Waals surface area contributed by atoms with Crippen LogP contribution in [0.1, 0.15) is 27.2 Å². The third-order valence-corrected chi connectivity index (χ3v) is 3.76. The van der Waals surface area contributed by atoms with Crippen molar-refractivity contribution in [1.29, 1.82) is 0 Å². The zero-order valence-corrected chi connectivity index (χ0v) is 11.9. The van der Waals surface area contributed by atoms with Gasteiger partial charge in [-0.1, -0.05) is 20.8 Å². The third kappa shape index (κ3) is 5.12. The molecule has 0 fully saturated rings. The van der Waals surface area contributed by atoms with Gasteiger partial charge in [0.15, 0.2) is 0 Å². The van der Waals surface area contributed by atoms with Gasteiger partial charge in [-0.3, -0.25) is 4.98 Å². The molecule has 1 aromatic heterocycles. The number of rotatable bonds is 5. The van der Waals surface area contributed by atoms with Crippen LogP contribution in [0.25, 0.3) is 0 Å². The van der Waals surface area contributed by atoms with E-state index in [0.717, 1.165) is 6.42 Å². The molecule has 6 heteroatoms. The molecule has 0 radical (unpaired) electrons. The van der Waals surface area contributed by atoms with Crippen molar-refractivity contribution in [2.24, 2.45) is 11.1 Å². The summed E-state index contributed by atoms with van der Waals surface area (Å²) < 4.78 is 26.3. The highest BCUT2D eigenvalue weighted by Gasteiger charge is 2.19. The summed E-state index contributed by atoms with van der Waals surface area (Å²) in [7, 11) is -3.50. The highest BCUT2D eigenvalue weighted by Crippen LogP contribution is 2.19. The molecule has 0 saturated carbocycles. The van der Waals surface area contributed by atoms with E-state index in [9.17, 15) is 8.42 Å². The van der Waals surface area contributed by atoms with Gasteiger partial charge in [0.2, 0.25) is 10.0 Å². The average Bonchev–Trinajstić information content (AvgIpc) is 2.26. The summed E-state index contributed by atoms with van der Waals surface area (Å²) in [5, 5.41) is 0. The second-order valence-electron chi connectivity index (χ2n) is 5.57. The maximum Gasteiger partial charge on any atom is 0.242 e. The molecule has 0 amide bonds. The summed E-state index contributed by atoms with van der Waals surface area (Å²) in [4.78, 5) is 3.95. The summed E-state index contributed by atoms with van der Waals surface area (Å²) >= 11 is 0. The average molecular weight is 271 g/mol. The molecule has 1 heterocycles. The van der Waals surface area contributed by atoms with Gasteiger partial charge in [-0.25, -0.2) is 13.1 Å². The smallest absolute Gasteiger partial charge is 0.242 e. The Kier molecular flexibility index (Phi) is 4.84. The molecule has 0 aliphatic rings. The SMILES string of the molecule is CC(C)(C)CC(N)CNS(=O)(=O)c1cccnc1. The van der Waals surface area contributed by atoms with E-state index in [1.54, 1.807) is 6.07 Å². The van der Waals surface area contributed by atoms with E-state index in [1.807, 2.05) is 0 Å². The Bertz CT molecular complexity index is 466. The molecule has 1 atom stereocenters. The van der Waals surface area contributed by atoms with E-state index >= 15 is 0 Å². The molecule has 0 bridgehead atoms. The Balaban J connectivity index is 2.58. The standard InChI is InChI=1S/C12H21N3O2S/c1-12(2,3)7-10(13)8-15-18(16,17)11-5-4-6-14-9-11/h4-6,9-10,15H,7-8,13H2,1-3H3. The van der Waals surface area contributed by atoms with Crippen LogP contribution in [0.15, 0.2) is 29.4 Å². The first-order valence-electron chi connectivity index (χ1n) is 5.86. The molecule has 1 unspecified atom stereocenters. The number of nitrogens with one attached hydrogen (secondary N) is 1. The van der Waals surface area contributed by atoms with E-state index < -0.39 is 10.0 Å². The van der Waals surface area contributed by atoms with Gasteiger partial charge in [0.1, 0.15) is 4.90 Å². The molecular weight excluding hydrogens is 250 g/mol. The van der Waals surface area contributed by atoms with Crippen LogP contribution >= 0.6 is 0 Å². The van der Waals surface area contributed by atoms with Gasteiger partial charge in [-0.05, 0) is 24.0 Å².